The van der Waals surface area contributed by atoms with Gasteiger partial charge in [0.1, 0.15) is 4.83 Å². The van der Waals surface area contributed by atoms with E-state index in [1.807, 2.05) is 181 Å². The maximum absolute atomic E-state index is 4.74. The molecule has 0 radical (unpaired) electrons. The van der Waals surface area contributed by atoms with Gasteiger partial charge in [-0.2, -0.15) is 0 Å². The molecule has 568 valence electrons. The molecule has 0 saturated carbocycles. The van der Waals surface area contributed by atoms with Crippen LogP contribution in [0.15, 0.2) is 88.9 Å². The van der Waals surface area contributed by atoms with Crippen molar-refractivity contribution < 1.29 is 0 Å². The Morgan fingerprint density at radius 2 is 0.713 bits per heavy atom. The number of nitrogens with zero attached hydrogens (tertiary/aromatic N) is 1. The standard InChI is InChI=1S/C26H36S2.C22H28S2.C12H13NS3.C12H12S3.C10H8S3.C9H6S3/c1-15-14-27-23-20(16(2)28-22(15)23)21-18(25(6,7)8)12-17(24(3,4)5)13-19(21)26(9,10)11;1-13-12-23-20-18(14(2)24-19(13)20)16-10-9-15(21(3,4)5)11-17(16)22(6,7)8;1-6(2)4-9-13-12-11(16-9)10-8(15-12)5-7(3)14-10;1-6(2)8-5-10-12(15-8)11-9(14-10)4-7(3)13-11;1-5-3-7-9(11-5)10-8(13-7)4-6(2)12-10;1-5-4-7-9(11-5)8-6(12-7)2-3-10-8/h12-14H,1-11H3;9-12H,1-8H3;5-6H,4H2,1-3H3;4-6H,1-3H3;3-4H,1-2H3;2-4H,1H3. The molecule has 0 unspecified atom stereocenters. The molecule has 0 saturated heterocycles. The van der Waals surface area contributed by atoms with Gasteiger partial charge in [-0.15, -0.1) is 181 Å². The van der Waals surface area contributed by atoms with Crippen molar-refractivity contribution in [2.24, 2.45) is 5.92 Å². The molecular formula is C91H103NS16. The van der Waals surface area contributed by atoms with Crippen LogP contribution in [0.2, 0.25) is 0 Å². The Hall–Kier alpha value is -3.83. The Balaban J connectivity index is 0.000000117. The summed E-state index contributed by atoms with van der Waals surface area (Å²) in [6.45, 7) is 64.1. The summed E-state index contributed by atoms with van der Waals surface area (Å²) in [5, 5.41) is 8.09. The molecule has 16 heterocycles. The Bertz CT molecular complexity index is 6160. The van der Waals surface area contributed by atoms with E-state index in [9.17, 15) is 0 Å². The molecule has 0 fully saturated rings. The molecule has 0 N–H and O–H groups in total. The van der Waals surface area contributed by atoms with Gasteiger partial charge in [-0.1, -0.05) is 162 Å². The SMILES string of the molecule is Cc1cc2sc3cc(C(C)C)sc3c2s1.Cc1cc2sc3cc(C)sc3c2s1.Cc1cc2sc3ccsc3c2s1.Cc1cc2sc3nc(CC(C)C)sc3c2s1.Cc1sc2c(C)csc2c1-c1c(C(C)(C)C)cc(C(C)(C)C)cc1C(C)(C)C.Cc1sc2c(C)csc2c1-c1ccc(C(C)(C)C)cc1C(C)(C)C. The fourth-order valence-electron chi connectivity index (χ4n) is 13.7. The lowest BCUT2D eigenvalue weighted by molar-refractivity contribution is 0.550. The van der Waals surface area contributed by atoms with Crippen LogP contribution >= 0.6 is 181 Å². The van der Waals surface area contributed by atoms with Gasteiger partial charge >= 0.3 is 0 Å². The van der Waals surface area contributed by atoms with Crippen LogP contribution in [0.1, 0.15) is 220 Å². The number of hydrogen-bond donors (Lipinski definition) is 0. The number of hydrogen-bond acceptors (Lipinski definition) is 17. The van der Waals surface area contributed by atoms with Crippen LogP contribution in [0.3, 0.4) is 0 Å². The number of thiazole rings is 1. The fourth-order valence-corrected chi connectivity index (χ4v) is 34.2. The molecule has 0 aliphatic rings. The molecular weight excluding hydrogens is 1620 g/mol. The van der Waals surface area contributed by atoms with Gasteiger partial charge < -0.3 is 0 Å². The Kier molecular flexibility index (Phi) is 23.9. The Morgan fingerprint density at radius 1 is 0.315 bits per heavy atom. The number of aromatic nitrogens is 1. The highest BCUT2D eigenvalue weighted by molar-refractivity contribution is 7.41. The molecule has 18 rings (SSSR count). The third-order valence-corrected chi connectivity index (χ3v) is 38.9. The first kappa shape index (κ1) is 82.2. The van der Waals surface area contributed by atoms with Crippen molar-refractivity contribution >= 4 is 276 Å². The van der Waals surface area contributed by atoms with E-state index in [2.05, 4.69) is 283 Å². The first-order valence-corrected chi connectivity index (χ1v) is 50.5. The molecule has 0 spiro atoms. The molecule has 2 aromatic carbocycles. The molecule has 0 atom stereocenters. The van der Waals surface area contributed by atoms with E-state index < -0.39 is 0 Å². The van der Waals surface area contributed by atoms with Crippen molar-refractivity contribution in [3.63, 3.8) is 0 Å². The maximum atomic E-state index is 4.74. The average Bonchev–Trinajstić information content (AvgIpc) is 0.887. The maximum Gasteiger partial charge on any atom is 0.136 e. The molecule has 0 bridgehead atoms. The zero-order valence-corrected chi connectivity index (χ0v) is 81.1. The lowest BCUT2D eigenvalue weighted by atomic mass is 9.71. The van der Waals surface area contributed by atoms with E-state index in [0.29, 0.717) is 11.8 Å². The largest absolute Gasteiger partial charge is 0.230 e. The molecule has 108 heavy (non-hydrogen) atoms. The van der Waals surface area contributed by atoms with E-state index in [-0.39, 0.29) is 27.1 Å². The Morgan fingerprint density at radius 3 is 1.16 bits per heavy atom. The summed E-state index contributed by atoms with van der Waals surface area (Å²) in [7, 11) is 0. The molecule has 16 aromatic heterocycles. The van der Waals surface area contributed by atoms with Gasteiger partial charge in [0.25, 0.3) is 0 Å². The van der Waals surface area contributed by atoms with E-state index in [0.717, 1.165) is 6.42 Å². The van der Waals surface area contributed by atoms with E-state index >= 15 is 0 Å². The van der Waals surface area contributed by atoms with Gasteiger partial charge in [0, 0.05) is 98.9 Å². The summed E-state index contributed by atoms with van der Waals surface area (Å²) < 4.78 is 27.9. The summed E-state index contributed by atoms with van der Waals surface area (Å²) >= 11 is 30.7. The summed E-state index contributed by atoms with van der Waals surface area (Å²) in [5.41, 5.74) is 16.6. The highest BCUT2D eigenvalue weighted by Crippen LogP contribution is 2.53. The number of thiophene rings is 15. The summed E-state index contributed by atoms with van der Waals surface area (Å²) in [6.07, 6.45) is 1.11. The first-order chi connectivity index (χ1) is 50.5. The van der Waals surface area contributed by atoms with E-state index in [1.54, 1.807) is 0 Å². The van der Waals surface area contributed by atoms with Crippen molar-refractivity contribution in [3.05, 3.63) is 172 Å². The van der Waals surface area contributed by atoms with E-state index in [4.69, 9.17) is 4.98 Å². The first-order valence-electron chi connectivity index (χ1n) is 37.2. The van der Waals surface area contributed by atoms with Gasteiger partial charge in [0.2, 0.25) is 0 Å². The second-order valence-corrected chi connectivity index (χ2v) is 52.6. The summed E-state index contributed by atoms with van der Waals surface area (Å²) in [5.74, 6) is 1.35. The predicted molar refractivity (Wildman–Crippen MR) is 517 cm³/mol. The predicted octanol–water partition coefficient (Wildman–Crippen LogP) is 36.9. The Labute approximate surface area is 705 Å². The highest BCUT2D eigenvalue weighted by atomic mass is 32.2. The van der Waals surface area contributed by atoms with Gasteiger partial charge in [-0.3, -0.25) is 0 Å². The van der Waals surface area contributed by atoms with Gasteiger partial charge in [-0.25, -0.2) is 4.98 Å². The van der Waals surface area contributed by atoms with Crippen LogP contribution < -0.4 is 0 Å². The van der Waals surface area contributed by atoms with Gasteiger partial charge in [0.05, 0.1) is 52.0 Å². The highest BCUT2D eigenvalue weighted by Gasteiger charge is 2.33. The topological polar surface area (TPSA) is 12.9 Å². The minimum absolute atomic E-state index is 0.0869. The minimum atomic E-state index is 0.0869. The summed E-state index contributed by atoms with van der Waals surface area (Å²) in [4.78, 5) is 17.5. The number of benzene rings is 2. The van der Waals surface area contributed by atoms with Crippen LogP contribution in [0.4, 0.5) is 0 Å². The van der Waals surface area contributed by atoms with E-state index in [1.165, 1.54) is 199 Å². The lowest BCUT2D eigenvalue weighted by Crippen LogP contribution is -2.23. The number of fused-ring (bicyclic) bond motifs is 14. The smallest absolute Gasteiger partial charge is 0.136 e. The third kappa shape index (κ3) is 17.1. The third-order valence-electron chi connectivity index (χ3n) is 19.3. The van der Waals surface area contributed by atoms with Crippen molar-refractivity contribution in [3.8, 4) is 22.3 Å². The van der Waals surface area contributed by atoms with Crippen LogP contribution in [0.5, 0.6) is 0 Å². The molecule has 0 aliphatic carbocycles. The lowest BCUT2D eigenvalue weighted by Gasteiger charge is -2.34. The van der Waals surface area contributed by atoms with Gasteiger partial charge in [0.15, 0.2) is 0 Å². The average molecular weight is 1720 g/mol. The zero-order valence-electron chi connectivity index (χ0n) is 68.0. The second kappa shape index (κ2) is 31.4. The normalized spacial score (nSPS) is 12.6. The minimum Gasteiger partial charge on any atom is -0.230 e. The molecule has 0 amide bonds. The quantitative estimate of drug-likeness (QED) is 0.167. The van der Waals surface area contributed by atoms with Gasteiger partial charge in [-0.05, 0) is 210 Å². The van der Waals surface area contributed by atoms with Crippen LogP contribution in [0, 0.1) is 68.2 Å². The zero-order chi connectivity index (χ0) is 78.1. The van der Waals surface area contributed by atoms with Crippen molar-refractivity contribution in [1.82, 2.24) is 4.98 Å². The second-order valence-electron chi connectivity index (χ2n) is 34.8. The summed E-state index contributed by atoms with van der Waals surface area (Å²) in [6, 6.07) is 28.2. The van der Waals surface area contributed by atoms with Crippen LogP contribution in [-0.2, 0) is 33.5 Å². The number of rotatable bonds is 5. The number of aryl methyl sites for hydroxylation is 9. The monoisotopic (exact) mass is 1720 g/mol. The van der Waals surface area contributed by atoms with Crippen molar-refractivity contribution in [2.45, 2.75) is 233 Å². The molecule has 18 aromatic rings. The molecule has 17 heteroatoms. The van der Waals surface area contributed by atoms with Crippen LogP contribution in [-0.4, -0.2) is 4.98 Å². The van der Waals surface area contributed by atoms with Crippen molar-refractivity contribution in [1.29, 1.82) is 0 Å². The van der Waals surface area contributed by atoms with Crippen molar-refractivity contribution in [2.75, 3.05) is 0 Å². The molecule has 0 aliphatic heterocycles. The fraction of sp³-hybridized carbons (Fsp3) is 0.396. The van der Waals surface area contributed by atoms with Crippen LogP contribution in [0.25, 0.3) is 116 Å². The molecule has 1 nitrogen and oxygen atoms in total.